The number of aliphatic hydroxyl groups excluding tert-OH is 7. The van der Waals surface area contributed by atoms with Crippen LogP contribution in [0, 0.1) is 46.3 Å². The summed E-state index contributed by atoms with van der Waals surface area (Å²) in [5.74, 6) is -1.49. The third-order valence-electron chi connectivity index (χ3n) is 15.2. The molecule has 318 valence electrons. The Kier molecular flexibility index (Phi) is 13.1. The van der Waals surface area contributed by atoms with Crippen molar-refractivity contribution < 1.29 is 74.1 Å². The summed E-state index contributed by atoms with van der Waals surface area (Å²) >= 11 is 0. The molecule has 2 heterocycles. The third kappa shape index (κ3) is 7.66. The molecule has 2 saturated heterocycles. The van der Waals surface area contributed by atoms with Gasteiger partial charge in [-0.15, -0.1) is 0 Å². The first-order valence-corrected chi connectivity index (χ1v) is 20.5. The number of aliphatic hydroxyl groups is 8. The van der Waals surface area contributed by atoms with Crippen molar-refractivity contribution >= 4 is 5.97 Å². The van der Waals surface area contributed by atoms with E-state index in [9.17, 15) is 45.6 Å². The van der Waals surface area contributed by atoms with E-state index in [4.69, 9.17) is 28.4 Å². The molecule has 8 N–H and O–H groups in total. The van der Waals surface area contributed by atoms with E-state index in [1.54, 1.807) is 0 Å². The Hall–Kier alpha value is -1.05. The zero-order valence-electron chi connectivity index (χ0n) is 33.5. The Morgan fingerprint density at radius 3 is 2.20 bits per heavy atom. The van der Waals surface area contributed by atoms with E-state index in [-0.39, 0.29) is 42.8 Å². The molecule has 4 aliphatic carbocycles. The number of esters is 1. The maximum absolute atomic E-state index is 12.9. The summed E-state index contributed by atoms with van der Waals surface area (Å²) in [4.78, 5) is 12.6. The van der Waals surface area contributed by atoms with E-state index in [2.05, 4.69) is 13.8 Å². The Balaban J connectivity index is 1.15. The molecule has 6 rings (SSSR count). The molecular formula is C40H68O15. The fourth-order valence-corrected chi connectivity index (χ4v) is 12.6. The number of carbonyl (C=O) groups is 1. The van der Waals surface area contributed by atoms with Gasteiger partial charge < -0.3 is 69.3 Å². The van der Waals surface area contributed by atoms with E-state index < -0.39 is 114 Å². The first-order chi connectivity index (χ1) is 25.8. The van der Waals surface area contributed by atoms with E-state index in [1.165, 1.54) is 14.0 Å². The average molecular weight is 789 g/mol. The summed E-state index contributed by atoms with van der Waals surface area (Å²) < 4.78 is 35.3. The predicted octanol–water partition coefficient (Wildman–Crippen LogP) is 0.618. The van der Waals surface area contributed by atoms with Crippen LogP contribution in [0.3, 0.4) is 0 Å². The largest absolute Gasteiger partial charge is 0.462 e. The summed E-state index contributed by atoms with van der Waals surface area (Å²) in [6.07, 6.45) is -8.70. The van der Waals surface area contributed by atoms with Crippen molar-refractivity contribution in [3.05, 3.63) is 0 Å². The quantitative estimate of drug-likeness (QED) is 0.127. The highest BCUT2D eigenvalue weighted by atomic mass is 16.8. The van der Waals surface area contributed by atoms with Gasteiger partial charge in [-0.25, -0.2) is 0 Å². The Bertz CT molecular complexity index is 1320. The van der Waals surface area contributed by atoms with E-state index in [0.29, 0.717) is 32.1 Å². The van der Waals surface area contributed by atoms with Gasteiger partial charge in [-0.05, 0) is 79.4 Å². The topological polar surface area (TPSA) is 234 Å². The molecule has 0 radical (unpaired) electrons. The van der Waals surface area contributed by atoms with Crippen LogP contribution in [0.4, 0.5) is 0 Å². The van der Waals surface area contributed by atoms with Crippen LogP contribution in [0.2, 0.25) is 0 Å². The fourth-order valence-electron chi connectivity index (χ4n) is 12.6. The second-order valence-corrected chi connectivity index (χ2v) is 18.7. The van der Waals surface area contributed by atoms with E-state index >= 15 is 0 Å². The SMILES string of the molecule is COC1C(OC2C(CO)OC(OC(CCC(C)C3C[C@H](OC(C)=O)C4C3(C)CCC3C5(C)CCC(O)C(O)C5C(O)CC34O)C(C)C)C2O)OCC(O)C1O. The van der Waals surface area contributed by atoms with Gasteiger partial charge in [-0.3, -0.25) is 4.79 Å². The molecule has 4 saturated carbocycles. The first kappa shape index (κ1) is 43.5. The monoisotopic (exact) mass is 788 g/mol. The molecule has 0 spiro atoms. The highest BCUT2D eigenvalue weighted by molar-refractivity contribution is 5.66. The molecule has 6 fully saturated rings. The molecule has 21 atom stereocenters. The Labute approximate surface area is 324 Å². The molecule has 0 aromatic carbocycles. The van der Waals surface area contributed by atoms with Crippen LogP contribution in [0.25, 0.3) is 0 Å². The van der Waals surface area contributed by atoms with Gasteiger partial charge >= 0.3 is 5.97 Å². The lowest BCUT2D eigenvalue weighted by atomic mass is 9.41. The predicted molar refractivity (Wildman–Crippen MR) is 194 cm³/mol. The maximum atomic E-state index is 12.9. The second kappa shape index (κ2) is 16.5. The summed E-state index contributed by atoms with van der Waals surface area (Å²) in [5.41, 5.74) is -2.38. The van der Waals surface area contributed by atoms with E-state index in [0.717, 1.165) is 12.8 Å². The van der Waals surface area contributed by atoms with Crippen molar-refractivity contribution in [2.45, 2.75) is 178 Å². The summed E-state index contributed by atoms with van der Waals surface area (Å²) in [6, 6.07) is 0. The minimum atomic E-state index is -1.35. The van der Waals surface area contributed by atoms with Crippen LogP contribution >= 0.6 is 0 Å². The molecule has 15 nitrogen and oxygen atoms in total. The minimum absolute atomic E-state index is 0.0189. The van der Waals surface area contributed by atoms with Gasteiger partial charge in [0.25, 0.3) is 0 Å². The molecule has 0 aromatic rings. The fraction of sp³-hybridized carbons (Fsp3) is 0.975. The number of hydrogen-bond acceptors (Lipinski definition) is 15. The second-order valence-electron chi connectivity index (χ2n) is 18.7. The highest BCUT2D eigenvalue weighted by Crippen LogP contribution is 2.70. The van der Waals surface area contributed by atoms with Crippen LogP contribution in [0.15, 0.2) is 0 Å². The normalized spacial score (nSPS) is 50.9. The zero-order valence-corrected chi connectivity index (χ0v) is 33.5. The van der Waals surface area contributed by atoms with Crippen molar-refractivity contribution in [2.75, 3.05) is 20.3 Å². The van der Waals surface area contributed by atoms with Crippen molar-refractivity contribution in [3.63, 3.8) is 0 Å². The third-order valence-corrected chi connectivity index (χ3v) is 15.2. The van der Waals surface area contributed by atoms with Gasteiger partial charge in [0.1, 0.15) is 42.7 Å². The lowest BCUT2D eigenvalue weighted by Gasteiger charge is -2.66. The lowest BCUT2D eigenvalue weighted by molar-refractivity contribution is -0.296. The smallest absolute Gasteiger partial charge is 0.302 e. The summed E-state index contributed by atoms with van der Waals surface area (Å²) in [6.45, 7) is 11.1. The standard InChI is InChI=1S/C40H68O15/c1-18(2)25(53-36-32(48)33(27(16-41)54-36)55-37-34(50-7)31(47)24(45)17-51-37)9-8-19(3)21-14-26(52-20(4)42)35-38(21,5)13-11-28-39(6)12-10-22(43)30(46)29(39)23(44)15-40(28,35)49/h18-19,21-37,41,43-49H,8-17H2,1-7H3/t19?,21?,22?,23?,24?,25?,26-,27?,28?,29?,30?,31?,32?,33?,34?,35?,36?,37?,38?,39?,40?/m0/s1. The maximum Gasteiger partial charge on any atom is 0.302 e. The van der Waals surface area contributed by atoms with Gasteiger partial charge in [0.15, 0.2) is 12.6 Å². The number of hydrogen-bond donors (Lipinski definition) is 8. The first-order valence-electron chi connectivity index (χ1n) is 20.5. The molecule has 6 aliphatic rings. The van der Waals surface area contributed by atoms with Crippen molar-refractivity contribution in [2.24, 2.45) is 46.3 Å². The molecule has 0 amide bonds. The van der Waals surface area contributed by atoms with E-state index in [1.807, 2.05) is 20.8 Å². The average Bonchev–Trinajstić information content (AvgIpc) is 3.58. The van der Waals surface area contributed by atoms with Crippen molar-refractivity contribution in [1.82, 2.24) is 0 Å². The van der Waals surface area contributed by atoms with Crippen LogP contribution in [-0.2, 0) is 33.2 Å². The number of ether oxygens (including phenoxy) is 6. The van der Waals surface area contributed by atoms with Gasteiger partial charge in [0, 0.05) is 32.3 Å². The lowest BCUT2D eigenvalue weighted by Crippen LogP contribution is -2.71. The number of carbonyl (C=O) groups excluding carboxylic acids is 1. The molecule has 2 aliphatic heterocycles. The van der Waals surface area contributed by atoms with Crippen LogP contribution in [0.5, 0.6) is 0 Å². The summed E-state index contributed by atoms with van der Waals surface area (Å²) in [7, 11) is 1.34. The molecule has 20 unspecified atom stereocenters. The Morgan fingerprint density at radius 2 is 1.56 bits per heavy atom. The van der Waals surface area contributed by atoms with Crippen molar-refractivity contribution in [3.8, 4) is 0 Å². The number of fused-ring (bicyclic) bond motifs is 5. The number of methoxy groups -OCH3 is 1. The van der Waals surface area contributed by atoms with Gasteiger partial charge in [0.05, 0.1) is 43.2 Å². The highest BCUT2D eigenvalue weighted by Gasteiger charge is 2.72. The van der Waals surface area contributed by atoms with Crippen LogP contribution in [0.1, 0.15) is 92.9 Å². The summed E-state index contributed by atoms with van der Waals surface area (Å²) in [5, 5.41) is 88.0. The van der Waals surface area contributed by atoms with Gasteiger partial charge in [0.2, 0.25) is 0 Å². The molecular weight excluding hydrogens is 720 g/mol. The van der Waals surface area contributed by atoms with Crippen molar-refractivity contribution in [1.29, 1.82) is 0 Å². The van der Waals surface area contributed by atoms with Crippen LogP contribution in [-0.4, -0.2) is 152 Å². The molecule has 55 heavy (non-hydrogen) atoms. The van der Waals surface area contributed by atoms with Gasteiger partial charge in [-0.1, -0.05) is 34.6 Å². The Morgan fingerprint density at radius 1 is 0.873 bits per heavy atom. The minimum Gasteiger partial charge on any atom is -0.462 e. The molecule has 15 heteroatoms. The zero-order chi connectivity index (χ0) is 40.4. The number of rotatable bonds is 12. The molecule has 0 bridgehead atoms. The van der Waals surface area contributed by atoms with Crippen LogP contribution < -0.4 is 0 Å². The van der Waals surface area contributed by atoms with Gasteiger partial charge in [-0.2, -0.15) is 0 Å². The molecule has 0 aromatic heterocycles.